The van der Waals surface area contributed by atoms with Crippen LogP contribution >= 0.6 is 0 Å². The molecule has 0 saturated carbocycles. The van der Waals surface area contributed by atoms with Crippen LogP contribution in [0.2, 0.25) is 0 Å². The zero-order chi connectivity index (χ0) is 45.2. The van der Waals surface area contributed by atoms with Gasteiger partial charge in [-0.15, -0.1) is 0 Å². The number of para-hydroxylation sites is 2. The molecule has 0 aliphatic carbocycles. The Morgan fingerprint density at radius 1 is 0.232 bits per heavy atom. The summed E-state index contributed by atoms with van der Waals surface area (Å²) in [5.41, 5.74) is 11.5. The molecule has 5 nitrogen and oxygen atoms in total. The van der Waals surface area contributed by atoms with Crippen molar-refractivity contribution < 1.29 is 13.3 Å². The highest BCUT2D eigenvalue weighted by Gasteiger charge is 2.23. The van der Waals surface area contributed by atoms with Crippen LogP contribution < -0.4 is 9.80 Å². The van der Waals surface area contributed by atoms with E-state index in [4.69, 9.17) is 13.3 Å². The summed E-state index contributed by atoms with van der Waals surface area (Å²) >= 11 is 0. The van der Waals surface area contributed by atoms with Crippen molar-refractivity contribution in [3.05, 3.63) is 231 Å². The standard InChI is InChI=1S/C64H38N2O3/c1-3-17-45-39(13-1)15-11-23-56(45)65(42-29-33-60-54(36-42)48-20-7-9-25-58(48)67-60)41-27-31-51-53(35-41)47-19-5-6-22-50(47)63-52-32-28-44(38-62(52)69-64(51)63)66(57-24-12-16-40-14-2-4-18-46(40)57)43-30-34-61-55(37-43)49-21-8-10-26-59(49)68-61/h1-38H. The molecule has 3 heterocycles. The van der Waals surface area contributed by atoms with Crippen molar-refractivity contribution in [2.75, 3.05) is 9.80 Å². The normalized spacial score (nSPS) is 12.1. The van der Waals surface area contributed by atoms with Gasteiger partial charge >= 0.3 is 0 Å². The summed E-state index contributed by atoms with van der Waals surface area (Å²) in [6.07, 6.45) is 0. The highest BCUT2D eigenvalue weighted by Crippen LogP contribution is 2.48. The van der Waals surface area contributed by atoms with Gasteiger partial charge < -0.3 is 23.1 Å². The van der Waals surface area contributed by atoms with E-state index in [0.29, 0.717) is 0 Å². The van der Waals surface area contributed by atoms with Crippen LogP contribution in [0.4, 0.5) is 34.1 Å². The van der Waals surface area contributed by atoms with Gasteiger partial charge in [0.25, 0.3) is 0 Å². The monoisotopic (exact) mass is 882 g/mol. The molecule has 15 aromatic rings. The van der Waals surface area contributed by atoms with E-state index in [9.17, 15) is 0 Å². The van der Waals surface area contributed by atoms with Crippen LogP contribution in [0.3, 0.4) is 0 Å². The molecule has 0 aliphatic rings. The number of furan rings is 3. The molecule has 5 heteroatoms. The van der Waals surface area contributed by atoms with E-state index in [2.05, 4.69) is 216 Å². The van der Waals surface area contributed by atoms with Crippen LogP contribution in [-0.4, -0.2) is 0 Å². The van der Waals surface area contributed by atoms with Crippen LogP contribution in [0.25, 0.3) is 109 Å². The molecule has 3 aromatic heterocycles. The number of nitrogens with zero attached hydrogens (tertiary/aromatic N) is 2. The first kappa shape index (κ1) is 37.9. The average molecular weight is 883 g/mol. The van der Waals surface area contributed by atoms with Crippen molar-refractivity contribution in [3.8, 4) is 0 Å². The highest BCUT2D eigenvalue weighted by atomic mass is 16.3. The van der Waals surface area contributed by atoms with Crippen LogP contribution in [0.15, 0.2) is 244 Å². The van der Waals surface area contributed by atoms with Crippen LogP contribution in [0, 0.1) is 0 Å². The summed E-state index contributed by atoms with van der Waals surface area (Å²) in [6, 6.07) is 82.1. The van der Waals surface area contributed by atoms with E-state index in [1.54, 1.807) is 0 Å². The van der Waals surface area contributed by atoms with Gasteiger partial charge in [-0.3, -0.25) is 0 Å². The van der Waals surface area contributed by atoms with Crippen molar-refractivity contribution >= 4 is 143 Å². The lowest BCUT2D eigenvalue weighted by Gasteiger charge is -2.27. The van der Waals surface area contributed by atoms with Gasteiger partial charge in [0, 0.05) is 77.3 Å². The third kappa shape index (κ3) is 5.71. The molecule has 0 saturated heterocycles. The van der Waals surface area contributed by atoms with Gasteiger partial charge in [0.15, 0.2) is 0 Å². The number of hydrogen-bond acceptors (Lipinski definition) is 5. The van der Waals surface area contributed by atoms with Gasteiger partial charge in [0.1, 0.15) is 33.5 Å². The zero-order valence-electron chi connectivity index (χ0n) is 37.1. The lowest BCUT2D eigenvalue weighted by atomic mass is 9.96. The highest BCUT2D eigenvalue weighted by molar-refractivity contribution is 6.31. The van der Waals surface area contributed by atoms with Crippen LogP contribution in [0.1, 0.15) is 0 Å². The molecule has 15 rings (SSSR count). The fraction of sp³-hybridized carbons (Fsp3) is 0. The number of anilines is 6. The lowest BCUT2D eigenvalue weighted by molar-refractivity contribution is 0.668. The number of fused-ring (bicyclic) bond motifs is 16. The molecular formula is C64H38N2O3. The smallest absolute Gasteiger partial charge is 0.143 e. The number of benzene rings is 12. The Hall–Kier alpha value is -9.32. The fourth-order valence-corrected chi connectivity index (χ4v) is 11.1. The Labute approximate surface area is 394 Å². The molecule has 0 unspecified atom stereocenters. The summed E-state index contributed by atoms with van der Waals surface area (Å²) < 4.78 is 19.8. The minimum Gasteiger partial charge on any atom is -0.456 e. The van der Waals surface area contributed by atoms with E-state index < -0.39 is 0 Å². The maximum absolute atomic E-state index is 7.18. The zero-order valence-corrected chi connectivity index (χ0v) is 37.1. The maximum atomic E-state index is 7.18. The SMILES string of the molecule is c1ccc2c(N(c3ccc4c(c3)oc3c5ccc(N(c6ccc7oc8ccccc8c7c6)c6cccc7ccccc67)cc5c5ccccc5c43)c3ccc4oc5ccccc5c4c3)cccc2c1. The average Bonchev–Trinajstić information content (AvgIpc) is 4.10. The second-order valence-electron chi connectivity index (χ2n) is 18.0. The Morgan fingerprint density at radius 2 is 0.652 bits per heavy atom. The predicted molar refractivity (Wildman–Crippen MR) is 288 cm³/mol. The Kier molecular flexibility index (Phi) is 8.00. The van der Waals surface area contributed by atoms with Gasteiger partial charge in [-0.25, -0.2) is 0 Å². The van der Waals surface area contributed by atoms with Crippen molar-refractivity contribution in [2.45, 2.75) is 0 Å². The van der Waals surface area contributed by atoms with E-state index >= 15 is 0 Å². The second kappa shape index (κ2) is 14.6. The minimum atomic E-state index is 0.822. The Morgan fingerprint density at radius 3 is 1.23 bits per heavy atom. The van der Waals surface area contributed by atoms with Gasteiger partial charge in [0.2, 0.25) is 0 Å². The number of rotatable bonds is 6. The molecule has 0 radical (unpaired) electrons. The number of hydrogen-bond donors (Lipinski definition) is 0. The van der Waals surface area contributed by atoms with E-state index in [-0.39, 0.29) is 0 Å². The Balaban J connectivity index is 0.947. The molecule has 0 amide bonds. The summed E-state index contributed by atoms with van der Waals surface area (Å²) in [4.78, 5) is 4.74. The van der Waals surface area contributed by atoms with Gasteiger partial charge in [0.05, 0.1) is 11.4 Å². The molecule has 12 aromatic carbocycles. The topological polar surface area (TPSA) is 45.9 Å². The summed E-state index contributed by atoms with van der Waals surface area (Å²) in [5, 5.41) is 15.7. The van der Waals surface area contributed by atoms with Gasteiger partial charge in [-0.2, -0.15) is 0 Å². The minimum absolute atomic E-state index is 0.822. The molecular weight excluding hydrogens is 845 g/mol. The molecule has 322 valence electrons. The third-order valence-corrected chi connectivity index (χ3v) is 14.2. The first-order valence-electron chi connectivity index (χ1n) is 23.4. The molecule has 0 aliphatic heterocycles. The predicted octanol–water partition coefficient (Wildman–Crippen LogP) is 18.9. The summed E-state index contributed by atoms with van der Waals surface area (Å²) in [6.45, 7) is 0. The first-order valence-corrected chi connectivity index (χ1v) is 23.4. The molecule has 0 bridgehead atoms. The second-order valence-corrected chi connectivity index (χ2v) is 18.0. The van der Waals surface area contributed by atoms with E-state index in [1.807, 2.05) is 24.3 Å². The van der Waals surface area contributed by atoms with Crippen molar-refractivity contribution in [3.63, 3.8) is 0 Å². The lowest BCUT2D eigenvalue weighted by Crippen LogP contribution is -2.10. The molecule has 0 atom stereocenters. The van der Waals surface area contributed by atoms with Crippen molar-refractivity contribution in [2.24, 2.45) is 0 Å². The van der Waals surface area contributed by atoms with Crippen LogP contribution in [0.5, 0.6) is 0 Å². The van der Waals surface area contributed by atoms with Gasteiger partial charge in [-0.05, 0) is 118 Å². The van der Waals surface area contributed by atoms with E-state index in [1.165, 1.54) is 21.5 Å². The summed E-state index contributed by atoms with van der Waals surface area (Å²) in [5.74, 6) is 0. The quantitative estimate of drug-likeness (QED) is 0.156. The fourth-order valence-electron chi connectivity index (χ4n) is 11.1. The van der Waals surface area contributed by atoms with Crippen molar-refractivity contribution in [1.82, 2.24) is 0 Å². The molecule has 0 N–H and O–H groups in total. The van der Waals surface area contributed by atoms with E-state index in [0.717, 1.165) is 121 Å². The summed E-state index contributed by atoms with van der Waals surface area (Å²) in [7, 11) is 0. The van der Waals surface area contributed by atoms with Crippen LogP contribution in [-0.2, 0) is 0 Å². The van der Waals surface area contributed by atoms with Gasteiger partial charge in [-0.1, -0.05) is 133 Å². The largest absolute Gasteiger partial charge is 0.456 e. The van der Waals surface area contributed by atoms with Crippen molar-refractivity contribution in [1.29, 1.82) is 0 Å². The third-order valence-electron chi connectivity index (χ3n) is 14.2. The maximum Gasteiger partial charge on any atom is 0.143 e. The first-order chi connectivity index (χ1) is 34.2. The molecule has 0 spiro atoms. The molecule has 0 fully saturated rings. The molecule has 69 heavy (non-hydrogen) atoms. The Bertz CT molecular complexity index is 4580.